The minimum Gasteiger partial charge on any atom is -0.508 e. The summed E-state index contributed by atoms with van der Waals surface area (Å²) in [6.45, 7) is 0.441. The van der Waals surface area contributed by atoms with Gasteiger partial charge >= 0.3 is 0 Å². The van der Waals surface area contributed by atoms with Crippen molar-refractivity contribution < 1.29 is 5.11 Å². The van der Waals surface area contributed by atoms with Crippen LogP contribution in [0.15, 0.2) is 53.1 Å². The van der Waals surface area contributed by atoms with Crippen LogP contribution in [0.3, 0.4) is 0 Å². The summed E-state index contributed by atoms with van der Waals surface area (Å²) < 4.78 is 3.02. The number of hydrogen-bond acceptors (Lipinski definition) is 3. The molecule has 4 nitrogen and oxygen atoms in total. The van der Waals surface area contributed by atoms with Crippen LogP contribution in [0.1, 0.15) is 5.56 Å². The molecule has 0 aliphatic rings. The van der Waals surface area contributed by atoms with Crippen LogP contribution in [0.25, 0.3) is 11.3 Å². The predicted molar refractivity (Wildman–Crippen MR) is 96.8 cm³/mol. The van der Waals surface area contributed by atoms with Crippen LogP contribution in [0.4, 0.5) is 5.95 Å². The molecule has 0 saturated heterocycles. The number of aromatic hydroxyl groups is 1. The van der Waals surface area contributed by atoms with Gasteiger partial charge in [-0.1, -0.05) is 39.7 Å². The zero-order chi connectivity index (χ0) is 16.4. The standard InChI is InChI=1S/C17H15BrClN3O/c1-22-15(11-2-4-13(18)5-3-11)10-21-17(22)20-9-12-8-14(19)6-7-16(12)23/h2-8,10,23H,9H2,1H3,(H,20,21). The Kier molecular flexibility index (Phi) is 4.59. The molecule has 3 aromatic rings. The third kappa shape index (κ3) is 3.51. The molecule has 0 radical (unpaired) electrons. The first-order valence-corrected chi connectivity index (χ1v) is 8.20. The number of nitrogens with zero attached hydrogens (tertiary/aromatic N) is 2. The number of nitrogens with one attached hydrogen (secondary N) is 1. The van der Waals surface area contributed by atoms with Crippen LogP contribution in [-0.2, 0) is 13.6 Å². The first-order chi connectivity index (χ1) is 11.0. The van der Waals surface area contributed by atoms with E-state index in [1.165, 1.54) is 0 Å². The Balaban J connectivity index is 1.79. The topological polar surface area (TPSA) is 50.1 Å². The van der Waals surface area contributed by atoms with E-state index in [-0.39, 0.29) is 5.75 Å². The van der Waals surface area contributed by atoms with Gasteiger partial charge in [-0.05, 0) is 35.9 Å². The first-order valence-electron chi connectivity index (χ1n) is 7.03. The summed E-state index contributed by atoms with van der Waals surface area (Å²) in [6, 6.07) is 13.1. The Morgan fingerprint density at radius 2 is 1.96 bits per heavy atom. The van der Waals surface area contributed by atoms with E-state index in [1.807, 2.05) is 42.1 Å². The van der Waals surface area contributed by atoms with E-state index in [4.69, 9.17) is 11.6 Å². The van der Waals surface area contributed by atoms with Gasteiger partial charge < -0.3 is 15.0 Å². The van der Waals surface area contributed by atoms with Crippen molar-refractivity contribution in [3.8, 4) is 17.0 Å². The average molecular weight is 393 g/mol. The van der Waals surface area contributed by atoms with Crippen LogP contribution in [0, 0.1) is 0 Å². The molecule has 1 heterocycles. The molecule has 0 bridgehead atoms. The van der Waals surface area contributed by atoms with Gasteiger partial charge in [0.1, 0.15) is 5.75 Å². The van der Waals surface area contributed by atoms with Gasteiger partial charge in [0.2, 0.25) is 5.95 Å². The third-order valence-electron chi connectivity index (χ3n) is 3.61. The minimum absolute atomic E-state index is 0.212. The number of phenols is 1. The molecule has 2 aromatic carbocycles. The summed E-state index contributed by atoms with van der Waals surface area (Å²) >= 11 is 9.40. The Hall–Kier alpha value is -1.98. The van der Waals surface area contributed by atoms with E-state index in [0.717, 1.165) is 27.2 Å². The molecule has 3 rings (SSSR count). The highest BCUT2D eigenvalue weighted by molar-refractivity contribution is 9.10. The zero-order valence-electron chi connectivity index (χ0n) is 12.4. The molecule has 0 spiro atoms. The highest BCUT2D eigenvalue weighted by Crippen LogP contribution is 2.25. The van der Waals surface area contributed by atoms with Crippen molar-refractivity contribution in [2.45, 2.75) is 6.54 Å². The normalized spacial score (nSPS) is 10.7. The Bertz CT molecular complexity index is 830. The molecule has 0 fully saturated rings. The molecule has 0 aliphatic carbocycles. The molecule has 6 heteroatoms. The van der Waals surface area contributed by atoms with Crippen LogP contribution in [0.2, 0.25) is 5.02 Å². The molecule has 0 atom stereocenters. The molecular weight excluding hydrogens is 378 g/mol. The van der Waals surface area contributed by atoms with Crippen LogP contribution in [0.5, 0.6) is 5.75 Å². The van der Waals surface area contributed by atoms with Crippen LogP contribution >= 0.6 is 27.5 Å². The predicted octanol–water partition coefficient (Wildman–Crippen LogP) is 4.82. The third-order valence-corrected chi connectivity index (χ3v) is 4.37. The Morgan fingerprint density at radius 1 is 1.22 bits per heavy atom. The number of benzene rings is 2. The molecule has 2 N–H and O–H groups in total. The van der Waals surface area contributed by atoms with Crippen molar-refractivity contribution in [1.29, 1.82) is 0 Å². The first kappa shape index (κ1) is 15.9. The summed E-state index contributed by atoms with van der Waals surface area (Å²) in [5.41, 5.74) is 2.82. The summed E-state index contributed by atoms with van der Waals surface area (Å²) in [4.78, 5) is 4.41. The van der Waals surface area contributed by atoms with E-state index in [0.29, 0.717) is 11.6 Å². The maximum atomic E-state index is 9.86. The van der Waals surface area contributed by atoms with Crippen molar-refractivity contribution >= 4 is 33.5 Å². The molecule has 23 heavy (non-hydrogen) atoms. The zero-order valence-corrected chi connectivity index (χ0v) is 14.8. The van der Waals surface area contributed by atoms with Crippen molar-refractivity contribution in [2.24, 2.45) is 7.05 Å². The fourth-order valence-corrected chi connectivity index (χ4v) is 2.79. The van der Waals surface area contributed by atoms with Gasteiger partial charge in [-0.15, -0.1) is 0 Å². The van der Waals surface area contributed by atoms with Gasteiger partial charge in [-0.3, -0.25) is 0 Å². The SMILES string of the molecule is Cn1c(-c2ccc(Br)cc2)cnc1NCc1cc(Cl)ccc1O. The monoisotopic (exact) mass is 391 g/mol. The lowest BCUT2D eigenvalue weighted by Crippen LogP contribution is -2.06. The summed E-state index contributed by atoms with van der Waals surface area (Å²) in [5.74, 6) is 0.937. The number of imidazole rings is 1. The van der Waals surface area contributed by atoms with Crippen molar-refractivity contribution in [3.63, 3.8) is 0 Å². The van der Waals surface area contributed by atoms with E-state index < -0.39 is 0 Å². The van der Waals surface area contributed by atoms with Crippen LogP contribution < -0.4 is 5.32 Å². The number of hydrogen-bond donors (Lipinski definition) is 2. The van der Waals surface area contributed by atoms with Gasteiger partial charge in [0.05, 0.1) is 11.9 Å². The van der Waals surface area contributed by atoms with Crippen LogP contribution in [-0.4, -0.2) is 14.7 Å². The maximum absolute atomic E-state index is 9.86. The number of anilines is 1. The fourth-order valence-electron chi connectivity index (χ4n) is 2.33. The van der Waals surface area contributed by atoms with E-state index in [2.05, 4.69) is 26.2 Å². The molecule has 118 valence electrons. The number of rotatable bonds is 4. The highest BCUT2D eigenvalue weighted by Gasteiger charge is 2.09. The molecule has 1 aromatic heterocycles. The van der Waals surface area contributed by atoms with Gasteiger partial charge in [0.15, 0.2) is 0 Å². The van der Waals surface area contributed by atoms with Crippen molar-refractivity contribution in [2.75, 3.05) is 5.32 Å². The smallest absolute Gasteiger partial charge is 0.203 e. The number of halogens is 2. The summed E-state index contributed by atoms with van der Waals surface area (Å²) in [5, 5.41) is 13.7. The van der Waals surface area contributed by atoms with E-state index in [1.54, 1.807) is 18.2 Å². The molecular formula is C17H15BrClN3O. The quantitative estimate of drug-likeness (QED) is 0.669. The highest BCUT2D eigenvalue weighted by atomic mass is 79.9. The Labute approximate surface area is 147 Å². The summed E-state index contributed by atoms with van der Waals surface area (Å²) in [7, 11) is 1.95. The van der Waals surface area contributed by atoms with Gasteiger partial charge in [0.25, 0.3) is 0 Å². The average Bonchev–Trinajstić information content (AvgIpc) is 2.90. The Morgan fingerprint density at radius 3 is 2.70 bits per heavy atom. The molecule has 0 unspecified atom stereocenters. The number of aromatic nitrogens is 2. The molecule has 0 aliphatic heterocycles. The second kappa shape index (κ2) is 6.64. The van der Waals surface area contributed by atoms with E-state index >= 15 is 0 Å². The lowest BCUT2D eigenvalue weighted by Gasteiger charge is -2.10. The largest absolute Gasteiger partial charge is 0.508 e. The van der Waals surface area contributed by atoms with Gasteiger partial charge in [-0.2, -0.15) is 0 Å². The lowest BCUT2D eigenvalue weighted by atomic mass is 10.2. The summed E-state index contributed by atoms with van der Waals surface area (Å²) in [6.07, 6.45) is 1.82. The van der Waals surface area contributed by atoms with Gasteiger partial charge in [-0.25, -0.2) is 4.98 Å². The molecule has 0 amide bonds. The second-order valence-corrected chi connectivity index (χ2v) is 6.51. The fraction of sp³-hybridized carbons (Fsp3) is 0.118. The lowest BCUT2D eigenvalue weighted by molar-refractivity contribution is 0.469. The maximum Gasteiger partial charge on any atom is 0.203 e. The van der Waals surface area contributed by atoms with Gasteiger partial charge in [0, 0.05) is 28.7 Å². The minimum atomic E-state index is 0.212. The van der Waals surface area contributed by atoms with E-state index in [9.17, 15) is 5.11 Å². The van der Waals surface area contributed by atoms with Crippen molar-refractivity contribution in [3.05, 3.63) is 63.7 Å². The second-order valence-electron chi connectivity index (χ2n) is 5.16. The molecule has 0 saturated carbocycles. The van der Waals surface area contributed by atoms with Crippen molar-refractivity contribution in [1.82, 2.24) is 9.55 Å². The number of phenolic OH excluding ortho intramolecular Hbond substituents is 1.